The second kappa shape index (κ2) is 4.10. The molecule has 4 aliphatic rings. The van der Waals surface area contributed by atoms with Crippen molar-refractivity contribution >= 4 is 0 Å². The van der Waals surface area contributed by atoms with Crippen molar-refractivity contribution in [2.45, 2.75) is 44.2 Å². The van der Waals surface area contributed by atoms with Gasteiger partial charge in [-0.3, -0.25) is 0 Å². The van der Waals surface area contributed by atoms with Crippen LogP contribution in [0.4, 0.5) is 0 Å². The van der Waals surface area contributed by atoms with E-state index in [4.69, 9.17) is 0 Å². The Morgan fingerprint density at radius 3 is 2.72 bits per heavy atom. The minimum Gasteiger partial charge on any atom is -0.388 e. The molecular formula is C15H22N2O. The molecule has 3 saturated heterocycles. The van der Waals surface area contributed by atoms with Crippen LogP contribution in [0.2, 0.25) is 0 Å². The summed E-state index contributed by atoms with van der Waals surface area (Å²) in [5, 5.41) is 10.1. The lowest BCUT2D eigenvalue weighted by Crippen LogP contribution is -2.48. The van der Waals surface area contributed by atoms with E-state index in [0.717, 1.165) is 25.2 Å². The molecule has 0 spiro atoms. The molecule has 3 fully saturated rings. The number of fused-ring (bicyclic) bond motifs is 4. The molecule has 4 heterocycles. The third-order valence-electron chi connectivity index (χ3n) is 5.29. The van der Waals surface area contributed by atoms with Crippen LogP contribution in [0.1, 0.15) is 49.1 Å². The predicted octanol–water partition coefficient (Wildman–Crippen LogP) is 2.12. The predicted molar refractivity (Wildman–Crippen MR) is 70.5 cm³/mol. The molecule has 2 atom stereocenters. The second-order valence-corrected chi connectivity index (χ2v) is 6.24. The first-order chi connectivity index (χ1) is 8.83. The summed E-state index contributed by atoms with van der Waals surface area (Å²) in [6.07, 6.45) is 7.99. The lowest BCUT2D eigenvalue weighted by Gasteiger charge is -2.46. The summed E-state index contributed by atoms with van der Waals surface area (Å²) in [4.78, 5) is 2.61. The molecule has 3 aliphatic heterocycles. The van der Waals surface area contributed by atoms with Crippen LogP contribution < -0.4 is 0 Å². The number of aliphatic hydroxyl groups is 1. The fourth-order valence-electron chi connectivity index (χ4n) is 4.25. The highest BCUT2D eigenvalue weighted by Crippen LogP contribution is 2.39. The minimum absolute atomic E-state index is 0.212. The molecule has 98 valence electrons. The maximum Gasteiger partial charge on any atom is 0.0807 e. The van der Waals surface area contributed by atoms with Gasteiger partial charge in [-0.2, -0.15) is 0 Å². The number of aromatic nitrogens is 1. The lowest BCUT2D eigenvalue weighted by molar-refractivity contribution is 0.0550. The molecule has 0 amide bonds. The summed E-state index contributed by atoms with van der Waals surface area (Å²) >= 11 is 0. The van der Waals surface area contributed by atoms with Crippen LogP contribution >= 0.6 is 0 Å². The average Bonchev–Trinajstić information content (AvgIpc) is 2.85. The van der Waals surface area contributed by atoms with Crippen molar-refractivity contribution < 1.29 is 5.11 Å². The van der Waals surface area contributed by atoms with E-state index in [1.165, 1.54) is 43.7 Å². The van der Waals surface area contributed by atoms with Crippen molar-refractivity contribution in [2.24, 2.45) is 5.92 Å². The highest BCUT2D eigenvalue weighted by molar-refractivity contribution is 5.28. The summed E-state index contributed by atoms with van der Waals surface area (Å²) < 4.78 is 2.51. The molecule has 5 rings (SSSR count). The molecule has 1 aromatic heterocycles. The van der Waals surface area contributed by atoms with Crippen molar-refractivity contribution in [2.75, 3.05) is 19.6 Å². The van der Waals surface area contributed by atoms with Gasteiger partial charge >= 0.3 is 0 Å². The first-order valence-corrected chi connectivity index (χ1v) is 7.43. The van der Waals surface area contributed by atoms with E-state index < -0.39 is 0 Å². The Bertz CT molecular complexity index is 445. The normalized spacial score (nSPS) is 38.7. The highest BCUT2D eigenvalue weighted by Gasteiger charge is 2.36. The van der Waals surface area contributed by atoms with Crippen LogP contribution in [0.5, 0.6) is 0 Å². The number of piperidine rings is 3. The van der Waals surface area contributed by atoms with Gasteiger partial charge in [0.15, 0.2) is 0 Å². The Kier molecular flexibility index (Phi) is 2.52. The quantitative estimate of drug-likeness (QED) is 0.822. The molecule has 0 aromatic carbocycles. The van der Waals surface area contributed by atoms with E-state index >= 15 is 0 Å². The van der Waals surface area contributed by atoms with Gasteiger partial charge in [-0.15, -0.1) is 0 Å². The smallest absolute Gasteiger partial charge is 0.0807 e. The molecule has 0 saturated carbocycles. The van der Waals surface area contributed by atoms with Crippen LogP contribution in [0, 0.1) is 5.92 Å². The topological polar surface area (TPSA) is 28.4 Å². The van der Waals surface area contributed by atoms with E-state index in [-0.39, 0.29) is 6.10 Å². The van der Waals surface area contributed by atoms with Crippen molar-refractivity contribution in [3.05, 3.63) is 23.5 Å². The molecule has 18 heavy (non-hydrogen) atoms. The number of hydrogen-bond acceptors (Lipinski definition) is 2. The van der Waals surface area contributed by atoms with E-state index in [1.807, 2.05) is 0 Å². The third kappa shape index (κ3) is 1.57. The number of aliphatic hydroxyl groups excluding tert-OH is 1. The highest BCUT2D eigenvalue weighted by atomic mass is 16.3. The molecule has 0 radical (unpaired) electrons. The number of nitrogens with zero attached hydrogens (tertiary/aromatic N) is 2. The number of hydrogen-bond donors (Lipinski definition) is 1. The molecule has 3 nitrogen and oxygen atoms in total. The van der Waals surface area contributed by atoms with Gasteiger partial charge in [0, 0.05) is 30.0 Å². The van der Waals surface area contributed by atoms with E-state index in [0.29, 0.717) is 6.04 Å². The van der Waals surface area contributed by atoms with Crippen molar-refractivity contribution in [1.82, 2.24) is 9.47 Å². The molecule has 1 aliphatic carbocycles. The molecule has 1 aromatic rings. The van der Waals surface area contributed by atoms with Crippen molar-refractivity contribution in [3.63, 3.8) is 0 Å². The standard InChI is InChI=1S/C15H22N2O/c18-15-3-1-2-13-12(15)6-9-17(13)14-10-16-7-4-11(14)5-8-16/h6,9,11,14-15,18H,1-5,7-8,10H2. The summed E-state index contributed by atoms with van der Waals surface area (Å²) in [5.41, 5.74) is 2.63. The summed E-state index contributed by atoms with van der Waals surface area (Å²) in [7, 11) is 0. The first-order valence-electron chi connectivity index (χ1n) is 7.43. The molecule has 3 heteroatoms. The zero-order valence-corrected chi connectivity index (χ0v) is 10.9. The Morgan fingerprint density at radius 2 is 2.00 bits per heavy atom. The average molecular weight is 246 g/mol. The second-order valence-electron chi connectivity index (χ2n) is 6.24. The Labute approximate surface area is 108 Å². The van der Waals surface area contributed by atoms with E-state index in [9.17, 15) is 5.11 Å². The van der Waals surface area contributed by atoms with Crippen LogP contribution in [0.15, 0.2) is 12.3 Å². The maximum atomic E-state index is 10.1. The monoisotopic (exact) mass is 246 g/mol. The SMILES string of the molecule is OC1CCCc2c1ccn2C1CN2CCC1CC2. The zero-order valence-electron chi connectivity index (χ0n) is 10.9. The van der Waals surface area contributed by atoms with Gasteiger partial charge in [-0.05, 0) is 57.2 Å². The zero-order chi connectivity index (χ0) is 12.1. The van der Waals surface area contributed by atoms with Gasteiger partial charge in [0.05, 0.1) is 6.10 Å². The van der Waals surface area contributed by atoms with Gasteiger partial charge in [0.1, 0.15) is 0 Å². The maximum absolute atomic E-state index is 10.1. The van der Waals surface area contributed by atoms with Crippen LogP contribution in [-0.2, 0) is 6.42 Å². The molecule has 2 bridgehead atoms. The first kappa shape index (κ1) is 11.1. The van der Waals surface area contributed by atoms with Gasteiger partial charge < -0.3 is 14.6 Å². The summed E-state index contributed by atoms with van der Waals surface area (Å²) in [6, 6.07) is 2.83. The lowest BCUT2D eigenvalue weighted by atomic mass is 9.83. The van der Waals surface area contributed by atoms with Gasteiger partial charge in [-0.25, -0.2) is 0 Å². The van der Waals surface area contributed by atoms with Crippen molar-refractivity contribution in [1.29, 1.82) is 0 Å². The van der Waals surface area contributed by atoms with Gasteiger partial charge in [0.25, 0.3) is 0 Å². The Hall–Kier alpha value is -0.800. The fraction of sp³-hybridized carbons (Fsp3) is 0.733. The van der Waals surface area contributed by atoms with Gasteiger partial charge in [0.2, 0.25) is 0 Å². The Balaban J connectivity index is 1.69. The van der Waals surface area contributed by atoms with Crippen LogP contribution in [0.3, 0.4) is 0 Å². The van der Waals surface area contributed by atoms with Crippen LogP contribution in [-0.4, -0.2) is 34.2 Å². The largest absolute Gasteiger partial charge is 0.388 e. The van der Waals surface area contributed by atoms with E-state index in [1.54, 1.807) is 0 Å². The summed E-state index contributed by atoms with van der Waals surface area (Å²) in [5.74, 6) is 0.866. The Morgan fingerprint density at radius 1 is 1.17 bits per heavy atom. The molecule has 2 unspecified atom stereocenters. The summed E-state index contributed by atoms with van der Waals surface area (Å²) in [6.45, 7) is 3.82. The van der Waals surface area contributed by atoms with E-state index in [2.05, 4.69) is 21.7 Å². The third-order valence-corrected chi connectivity index (χ3v) is 5.29. The number of rotatable bonds is 1. The molecule has 1 N–H and O–H groups in total. The minimum atomic E-state index is -0.212. The van der Waals surface area contributed by atoms with Crippen LogP contribution in [0.25, 0.3) is 0 Å². The molecular weight excluding hydrogens is 224 g/mol. The van der Waals surface area contributed by atoms with Gasteiger partial charge in [-0.1, -0.05) is 0 Å². The van der Waals surface area contributed by atoms with Crippen molar-refractivity contribution in [3.8, 4) is 0 Å². The fourth-order valence-corrected chi connectivity index (χ4v) is 4.25.